The Labute approximate surface area is 146 Å². The number of hydrogen-bond donors (Lipinski definition) is 0. The third-order valence-electron chi connectivity index (χ3n) is 4.53. The highest BCUT2D eigenvalue weighted by molar-refractivity contribution is 6.36. The van der Waals surface area contributed by atoms with E-state index in [1.54, 1.807) is 0 Å². The fourth-order valence-corrected chi connectivity index (χ4v) is 3.39. The summed E-state index contributed by atoms with van der Waals surface area (Å²) in [5, 5.41) is 1.29. The Morgan fingerprint density at radius 1 is 1.21 bits per heavy atom. The van der Waals surface area contributed by atoms with E-state index in [1.165, 1.54) is 0 Å². The molecule has 6 heteroatoms. The van der Waals surface area contributed by atoms with E-state index in [-0.39, 0.29) is 5.63 Å². The SMILES string of the molecule is CCN(CC)c1ccc2c(Cl)c(CN3CCOCC3)c(=O)oc2c1. The molecule has 1 aromatic heterocycles. The summed E-state index contributed by atoms with van der Waals surface area (Å²) in [7, 11) is 0. The molecule has 0 spiro atoms. The Balaban J connectivity index is 1.97. The molecular weight excluding hydrogens is 328 g/mol. The molecular formula is C18H23ClN2O3. The molecule has 0 unspecified atom stereocenters. The van der Waals surface area contributed by atoms with Crippen LogP contribution >= 0.6 is 11.6 Å². The Kier molecular flexibility index (Phi) is 5.43. The molecule has 0 N–H and O–H groups in total. The van der Waals surface area contributed by atoms with Crippen LogP contribution in [0.25, 0.3) is 11.0 Å². The van der Waals surface area contributed by atoms with Gasteiger partial charge in [-0.25, -0.2) is 4.79 Å². The van der Waals surface area contributed by atoms with E-state index < -0.39 is 0 Å². The highest BCUT2D eigenvalue weighted by Crippen LogP contribution is 2.29. The minimum Gasteiger partial charge on any atom is -0.422 e. The van der Waals surface area contributed by atoms with Crippen molar-refractivity contribution in [3.05, 3.63) is 39.2 Å². The first-order valence-corrected chi connectivity index (χ1v) is 8.82. The summed E-state index contributed by atoms with van der Waals surface area (Å²) in [5.41, 5.74) is 1.75. The maximum Gasteiger partial charge on any atom is 0.342 e. The lowest BCUT2D eigenvalue weighted by Crippen LogP contribution is -2.37. The molecule has 0 radical (unpaired) electrons. The van der Waals surface area contributed by atoms with E-state index >= 15 is 0 Å². The molecule has 0 amide bonds. The van der Waals surface area contributed by atoms with Gasteiger partial charge in [0.05, 0.1) is 23.8 Å². The van der Waals surface area contributed by atoms with Gasteiger partial charge in [-0.1, -0.05) is 11.6 Å². The summed E-state index contributed by atoms with van der Waals surface area (Å²) in [6.45, 7) is 9.46. The molecule has 0 aliphatic carbocycles. The number of halogens is 1. The van der Waals surface area contributed by atoms with Crippen molar-refractivity contribution in [2.45, 2.75) is 20.4 Å². The van der Waals surface area contributed by atoms with Gasteiger partial charge in [-0.2, -0.15) is 0 Å². The summed E-state index contributed by atoms with van der Waals surface area (Å²) in [4.78, 5) is 16.8. The van der Waals surface area contributed by atoms with Crippen molar-refractivity contribution in [2.75, 3.05) is 44.3 Å². The lowest BCUT2D eigenvalue weighted by molar-refractivity contribution is 0.0338. The topological polar surface area (TPSA) is 45.9 Å². The first-order chi connectivity index (χ1) is 11.6. The van der Waals surface area contributed by atoms with Gasteiger partial charge in [-0.05, 0) is 26.0 Å². The third kappa shape index (κ3) is 3.43. The van der Waals surface area contributed by atoms with E-state index in [0.717, 1.165) is 37.3 Å². The molecule has 130 valence electrons. The lowest BCUT2D eigenvalue weighted by Gasteiger charge is -2.26. The number of nitrogens with zero attached hydrogens (tertiary/aromatic N) is 2. The van der Waals surface area contributed by atoms with Crippen molar-refractivity contribution in [1.29, 1.82) is 0 Å². The second-order valence-corrected chi connectivity index (χ2v) is 6.30. The highest BCUT2D eigenvalue weighted by Gasteiger charge is 2.18. The summed E-state index contributed by atoms with van der Waals surface area (Å²) >= 11 is 6.53. The van der Waals surface area contributed by atoms with E-state index in [2.05, 4.69) is 23.6 Å². The number of anilines is 1. The molecule has 1 aromatic carbocycles. The average Bonchev–Trinajstić information content (AvgIpc) is 2.60. The van der Waals surface area contributed by atoms with Crippen LogP contribution in [0.2, 0.25) is 5.02 Å². The molecule has 1 aliphatic rings. The van der Waals surface area contributed by atoms with Crippen molar-refractivity contribution in [2.24, 2.45) is 0 Å². The van der Waals surface area contributed by atoms with Crippen molar-refractivity contribution in [1.82, 2.24) is 4.90 Å². The van der Waals surface area contributed by atoms with Gasteiger partial charge < -0.3 is 14.1 Å². The van der Waals surface area contributed by atoms with Gasteiger partial charge in [0.15, 0.2) is 0 Å². The predicted octanol–water partition coefficient (Wildman–Crippen LogP) is 3.12. The largest absolute Gasteiger partial charge is 0.422 e. The Hall–Kier alpha value is -1.56. The summed E-state index contributed by atoms with van der Waals surface area (Å²) in [6, 6.07) is 5.87. The van der Waals surface area contributed by atoms with Gasteiger partial charge in [-0.15, -0.1) is 0 Å². The fraction of sp³-hybridized carbons (Fsp3) is 0.500. The number of ether oxygens (including phenoxy) is 1. The predicted molar refractivity (Wildman–Crippen MR) is 97.2 cm³/mol. The summed E-state index contributed by atoms with van der Waals surface area (Å²) in [5.74, 6) is 0. The fourth-order valence-electron chi connectivity index (χ4n) is 3.09. The van der Waals surface area contributed by atoms with E-state index in [1.807, 2.05) is 18.2 Å². The summed E-state index contributed by atoms with van der Waals surface area (Å²) in [6.07, 6.45) is 0. The van der Waals surface area contributed by atoms with Crippen LogP contribution in [0.5, 0.6) is 0 Å². The minimum atomic E-state index is -0.351. The molecule has 1 aliphatic heterocycles. The van der Waals surface area contributed by atoms with Crippen molar-refractivity contribution >= 4 is 28.3 Å². The monoisotopic (exact) mass is 350 g/mol. The van der Waals surface area contributed by atoms with E-state index in [4.69, 9.17) is 20.8 Å². The van der Waals surface area contributed by atoms with Crippen LogP contribution in [-0.2, 0) is 11.3 Å². The summed E-state index contributed by atoms with van der Waals surface area (Å²) < 4.78 is 10.9. The average molecular weight is 351 g/mol. The molecule has 5 nitrogen and oxygen atoms in total. The first kappa shape index (κ1) is 17.3. The standard InChI is InChI=1S/C18H23ClN2O3/c1-3-21(4-2)13-5-6-14-16(11-13)24-18(22)15(17(14)19)12-20-7-9-23-10-8-20/h5-6,11H,3-4,7-10,12H2,1-2H3. The van der Waals surface area contributed by atoms with Crippen LogP contribution in [0.15, 0.2) is 27.4 Å². The first-order valence-electron chi connectivity index (χ1n) is 8.44. The van der Waals surface area contributed by atoms with Crippen molar-refractivity contribution in [3.8, 4) is 0 Å². The zero-order valence-corrected chi connectivity index (χ0v) is 14.9. The second kappa shape index (κ2) is 7.55. The van der Waals surface area contributed by atoms with Crippen molar-refractivity contribution < 1.29 is 9.15 Å². The van der Waals surface area contributed by atoms with Crippen LogP contribution in [0.1, 0.15) is 19.4 Å². The second-order valence-electron chi connectivity index (χ2n) is 5.92. The van der Waals surface area contributed by atoms with Gasteiger partial charge >= 0.3 is 5.63 Å². The zero-order valence-electron chi connectivity index (χ0n) is 14.2. The number of morpholine rings is 1. The maximum atomic E-state index is 12.4. The van der Waals surface area contributed by atoms with Gasteiger partial charge in [0.2, 0.25) is 0 Å². The van der Waals surface area contributed by atoms with E-state index in [0.29, 0.717) is 35.9 Å². The van der Waals surface area contributed by atoms with Gasteiger partial charge in [0, 0.05) is 49.9 Å². The maximum absolute atomic E-state index is 12.4. The normalized spacial score (nSPS) is 15.8. The highest BCUT2D eigenvalue weighted by atomic mass is 35.5. The molecule has 1 fully saturated rings. The Bertz CT molecular complexity index is 765. The molecule has 1 saturated heterocycles. The Morgan fingerprint density at radius 3 is 2.58 bits per heavy atom. The zero-order chi connectivity index (χ0) is 17.1. The minimum absolute atomic E-state index is 0.351. The van der Waals surface area contributed by atoms with Crippen LogP contribution in [0.4, 0.5) is 5.69 Å². The third-order valence-corrected chi connectivity index (χ3v) is 4.96. The smallest absolute Gasteiger partial charge is 0.342 e. The number of benzene rings is 1. The number of hydrogen-bond acceptors (Lipinski definition) is 5. The van der Waals surface area contributed by atoms with Crippen LogP contribution in [0, 0.1) is 0 Å². The lowest BCUT2D eigenvalue weighted by atomic mass is 10.1. The van der Waals surface area contributed by atoms with E-state index in [9.17, 15) is 4.79 Å². The Morgan fingerprint density at radius 2 is 1.92 bits per heavy atom. The molecule has 2 heterocycles. The van der Waals surface area contributed by atoms with Crippen molar-refractivity contribution in [3.63, 3.8) is 0 Å². The van der Waals surface area contributed by atoms with Crippen LogP contribution in [0.3, 0.4) is 0 Å². The molecule has 2 aromatic rings. The van der Waals surface area contributed by atoms with Gasteiger partial charge in [0.1, 0.15) is 5.58 Å². The van der Waals surface area contributed by atoms with Gasteiger partial charge in [0.25, 0.3) is 0 Å². The van der Waals surface area contributed by atoms with Gasteiger partial charge in [-0.3, -0.25) is 4.90 Å². The van der Waals surface area contributed by atoms with Crippen LogP contribution < -0.4 is 10.5 Å². The van der Waals surface area contributed by atoms with Crippen LogP contribution in [-0.4, -0.2) is 44.3 Å². The quantitative estimate of drug-likeness (QED) is 0.775. The molecule has 0 bridgehead atoms. The molecule has 24 heavy (non-hydrogen) atoms. The molecule has 0 saturated carbocycles. The molecule has 3 rings (SSSR count). The number of rotatable bonds is 5. The number of fused-ring (bicyclic) bond motifs is 1. The molecule has 0 atom stereocenters.